The second-order valence-electron chi connectivity index (χ2n) is 10.2. The number of carbonyl (C=O) groups excluding carboxylic acids is 1. The van der Waals surface area contributed by atoms with E-state index in [2.05, 4.69) is 10.3 Å². The summed E-state index contributed by atoms with van der Waals surface area (Å²) < 4.78 is 40.7. The first kappa shape index (κ1) is 30.6. The quantitative estimate of drug-likeness (QED) is 0.158. The molecule has 2 N–H and O–H groups in total. The highest BCUT2D eigenvalue weighted by Crippen LogP contribution is 2.43. The summed E-state index contributed by atoms with van der Waals surface area (Å²) in [6.07, 6.45) is -1.75. The number of hydrogen-bond donors (Lipinski definition) is 2. The van der Waals surface area contributed by atoms with Crippen molar-refractivity contribution >= 4 is 17.6 Å². The largest absolute Gasteiger partial charge is 0.416 e. The molecule has 0 spiro atoms. The highest BCUT2D eigenvalue weighted by atomic mass is 19.4. The summed E-state index contributed by atoms with van der Waals surface area (Å²) in [4.78, 5) is 20.8. The van der Waals surface area contributed by atoms with Gasteiger partial charge in [-0.15, -0.1) is 0 Å². The molecule has 10 heteroatoms. The Balaban J connectivity index is 1.57. The number of aliphatic imine (C=N–C) groups is 1. The van der Waals surface area contributed by atoms with Crippen LogP contribution in [0.15, 0.2) is 83.9 Å². The van der Waals surface area contributed by atoms with Crippen molar-refractivity contribution in [2.75, 3.05) is 26.2 Å². The predicted octanol–water partition coefficient (Wildman–Crippen LogP) is 5.89. The number of amides is 1. The van der Waals surface area contributed by atoms with Crippen molar-refractivity contribution < 1.29 is 23.1 Å². The van der Waals surface area contributed by atoms with E-state index in [9.17, 15) is 28.3 Å². The summed E-state index contributed by atoms with van der Waals surface area (Å²) >= 11 is 0. The van der Waals surface area contributed by atoms with Crippen LogP contribution in [0, 0.1) is 17.4 Å². The Kier molecular flexibility index (Phi) is 9.53. The summed E-state index contributed by atoms with van der Waals surface area (Å²) in [6.45, 7) is 5.87. The Morgan fingerprint density at radius 1 is 0.976 bits per heavy atom. The van der Waals surface area contributed by atoms with Gasteiger partial charge < -0.3 is 14.9 Å². The Hall–Kier alpha value is -4.36. The molecule has 42 heavy (non-hydrogen) atoms. The number of alkyl halides is 3. The maximum atomic E-state index is 13.6. The lowest BCUT2D eigenvalue weighted by Crippen LogP contribution is -2.48. The minimum Gasteiger partial charge on any atom is -0.380 e. The lowest BCUT2D eigenvalue weighted by Gasteiger charge is -2.43. The van der Waals surface area contributed by atoms with Crippen molar-refractivity contribution in [2.45, 2.75) is 38.5 Å². The molecule has 1 amide bonds. The average molecular weight is 578 g/mol. The number of nitrogens with zero attached hydrogens (tertiary/aromatic N) is 4. The molecule has 0 aromatic heterocycles. The van der Waals surface area contributed by atoms with Crippen molar-refractivity contribution in [1.29, 1.82) is 5.26 Å². The van der Waals surface area contributed by atoms with Crippen LogP contribution in [0.5, 0.6) is 0 Å². The topological polar surface area (TPSA) is 92.0 Å². The molecule has 220 valence electrons. The van der Waals surface area contributed by atoms with E-state index >= 15 is 0 Å². The van der Waals surface area contributed by atoms with Crippen LogP contribution < -0.4 is 5.32 Å². The monoisotopic (exact) mass is 577 g/mol. The zero-order valence-corrected chi connectivity index (χ0v) is 23.6. The van der Waals surface area contributed by atoms with Gasteiger partial charge in [0.05, 0.1) is 11.3 Å². The number of guanidine groups is 1. The molecule has 1 aliphatic heterocycles. The summed E-state index contributed by atoms with van der Waals surface area (Å²) in [5.41, 5.74) is -0.665. The van der Waals surface area contributed by atoms with Gasteiger partial charge in [0.1, 0.15) is 5.60 Å². The van der Waals surface area contributed by atoms with Gasteiger partial charge in [-0.2, -0.15) is 18.4 Å². The number of rotatable bonds is 7. The van der Waals surface area contributed by atoms with Gasteiger partial charge >= 0.3 is 6.18 Å². The number of aliphatic hydroxyl groups is 1. The van der Waals surface area contributed by atoms with Gasteiger partial charge in [-0.1, -0.05) is 42.5 Å². The lowest BCUT2D eigenvalue weighted by atomic mass is 9.72. The first-order valence-corrected chi connectivity index (χ1v) is 14.0. The summed E-state index contributed by atoms with van der Waals surface area (Å²) in [7, 11) is 0. The Morgan fingerprint density at radius 2 is 1.57 bits per heavy atom. The fourth-order valence-corrected chi connectivity index (χ4v) is 5.49. The van der Waals surface area contributed by atoms with Crippen molar-refractivity contribution in [3.63, 3.8) is 0 Å². The molecule has 1 fully saturated rings. The average Bonchev–Trinajstić information content (AvgIpc) is 3.01. The SMILES string of the molecule is CCN(CC)C(=O)c1ccc(N=C(NC#N)N2CCC(C(O)(c3ccccc3)c3cccc(C(F)(F)F)c3)CC2)cc1. The zero-order chi connectivity index (χ0) is 30.3. The number of piperidine rings is 1. The highest BCUT2D eigenvalue weighted by molar-refractivity contribution is 5.94. The fraction of sp³-hybridized carbons (Fsp3) is 0.344. The first-order chi connectivity index (χ1) is 20.1. The fourth-order valence-electron chi connectivity index (χ4n) is 5.49. The second kappa shape index (κ2) is 13.1. The zero-order valence-electron chi connectivity index (χ0n) is 23.6. The number of carbonyl (C=O) groups is 1. The Morgan fingerprint density at radius 3 is 2.14 bits per heavy atom. The number of nitrogens with one attached hydrogen (secondary N) is 1. The minimum absolute atomic E-state index is 0.0698. The van der Waals surface area contributed by atoms with Crippen LogP contribution in [0.2, 0.25) is 0 Å². The van der Waals surface area contributed by atoms with E-state index in [0.29, 0.717) is 61.8 Å². The van der Waals surface area contributed by atoms with E-state index < -0.39 is 23.3 Å². The molecule has 3 aromatic carbocycles. The van der Waals surface area contributed by atoms with Gasteiger partial charge in [0.15, 0.2) is 6.19 Å². The van der Waals surface area contributed by atoms with Gasteiger partial charge in [0.25, 0.3) is 5.91 Å². The number of hydrogen-bond acceptors (Lipinski definition) is 4. The Bertz CT molecular complexity index is 1430. The molecule has 4 rings (SSSR count). The van der Waals surface area contributed by atoms with Crippen LogP contribution in [-0.4, -0.2) is 53.0 Å². The molecule has 3 aromatic rings. The molecule has 0 saturated carbocycles. The van der Waals surface area contributed by atoms with E-state index in [1.807, 2.05) is 24.9 Å². The van der Waals surface area contributed by atoms with Crippen molar-refractivity contribution in [1.82, 2.24) is 15.1 Å². The van der Waals surface area contributed by atoms with Crippen LogP contribution in [0.3, 0.4) is 0 Å². The molecule has 1 atom stereocenters. The van der Waals surface area contributed by atoms with Gasteiger partial charge in [0.2, 0.25) is 5.96 Å². The van der Waals surface area contributed by atoms with Gasteiger partial charge in [-0.25, -0.2) is 4.99 Å². The van der Waals surface area contributed by atoms with Gasteiger partial charge in [0, 0.05) is 31.7 Å². The first-order valence-electron chi connectivity index (χ1n) is 14.0. The van der Waals surface area contributed by atoms with Crippen molar-refractivity contribution in [2.24, 2.45) is 10.9 Å². The molecule has 7 nitrogen and oxygen atoms in total. The summed E-state index contributed by atoms with van der Waals surface area (Å²) in [6, 6.07) is 20.5. The van der Waals surface area contributed by atoms with Crippen LogP contribution in [0.4, 0.5) is 18.9 Å². The molecule has 1 saturated heterocycles. The van der Waals surface area contributed by atoms with Gasteiger partial charge in [-0.05, 0) is 80.1 Å². The maximum Gasteiger partial charge on any atom is 0.416 e. The lowest BCUT2D eigenvalue weighted by molar-refractivity contribution is -0.137. The minimum atomic E-state index is -4.54. The maximum absolute atomic E-state index is 13.6. The van der Waals surface area contributed by atoms with Crippen molar-refractivity contribution in [3.05, 3.63) is 101 Å². The molecular formula is C32H34F3N5O2. The third-order valence-corrected chi connectivity index (χ3v) is 7.80. The van der Waals surface area contributed by atoms with E-state index in [1.54, 1.807) is 59.5 Å². The standard InChI is InChI=1S/C32H34F3N5O2/c1-3-39(4-2)29(41)23-13-15-28(16-14-23)38-30(37-22-36)40-19-17-25(18-20-40)31(42,24-9-6-5-7-10-24)26-11-8-12-27(21-26)32(33,34)35/h5-16,21,25,42H,3-4,17-20H2,1-2H3,(H,37,38). The van der Waals surface area contributed by atoms with E-state index in [-0.39, 0.29) is 11.5 Å². The van der Waals surface area contributed by atoms with E-state index in [1.165, 1.54) is 12.1 Å². The highest BCUT2D eigenvalue weighted by Gasteiger charge is 2.43. The van der Waals surface area contributed by atoms with Crippen LogP contribution in [0.25, 0.3) is 0 Å². The van der Waals surface area contributed by atoms with Crippen molar-refractivity contribution in [3.8, 4) is 6.19 Å². The Labute approximate surface area is 243 Å². The number of likely N-dealkylation sites (tertiary alicyclic amines) is 1. The third kappa shape index (κ3) is 6.58. The molecular weight excluding hydrogens is 543 g/mol. The third-order valence-electron chi connectivity index (χ3n) is 7.80. The number of halogens is 3. The van der Waals surface area contributed by atoms with Crippen LogP contribution >= 0.6 is 0 Å². The summed E-state index contributed by atoms with van der Waals surface area (Å²) in [5.74, 6) is -0.144. The normalized spacial score (nSPS) is 15.9. The molecule has 0 bridgehead atoms. The molecule has 0 aliphatic carbocycles. The van der Waals surface area contributed by atoms with Crippen LogP contribution in [0.1, 0.15) is 53.7 Å². The van der Waals surface area contributed by atoms with E-state index in [0.717, 1.165) is 12.1 Å². The number of nitriles is 1. The molecule has 1 heterocycles. The predicted molar refractivity (Wildman–Crippen MR) is 155 cm³/mol. The smallest absolute Gasteiger partial charge is 0.380 e. The number of benzene rings is 3. The molecule has 1 unspecified atom stereocenters. The molecule has 1 aliphatic rings. The van der Waals surface area contributed by atoms with Gasteiger partial charge in [-0.3, -0.25) is 10.1 Å². The van der Waals surface area contributed by atoms with Crippen LogP contribution in [-0.2, 0) is 11.8 Å². The second-order valence-corrected chi connectivity index (χ2v) is 10.2. The summed E-state index contributed by atoms with van der Waals surface area (Å²) in [5, 5.41) is 24.2. The molecule has 0 radical (unpaired) electrons. The van der Waals surface area contributed by atoms with E-state index in [4.69, 9.17) is 0 Å².